The molecule has 102 valence electrons. The summed E-state index contributed by atoms with van der Waals surface area (Å²) in [5.74, 6) is 0. The highest BCUT2D eigenvalue weighted by Crippen LogP contribution is 2.25. The fraction of sp³-hybridized carbons (Fsp3) is 0.143. The van der Waals surface area contributed by atoms with E-state index in [4.69, 9.17) is 34.8 Å². The molecule has 0 fully saturated rings. The van der Waals surface area contributed by atoms with Crippen molar-refractivity contribution in [1.82, 2.24) is 5.32 Å². The van der Waals surface area contributed by atoms with Crippen molar-refractivity contribution in [1.29, 1.82) is 0 Å². The van der Waals surface area contributed by atoms with E-state index in [1.54, 1.807) is 6.07 Å². The van der Waals surface area contributed by atoms with E-state index in [1.165, 1.54) is 0 Å². The van der Waals surface area contributed by atoms with Crippen LogP contribution in [0.4, 0.5) is 0 Å². The second-order valence-corrected chi connectivity index (χ2v) is 5.10. The predicted octanol–water partition coefficient (Wildman–Crippen LogP) is 5.36. The standard InChI is InChI=1S/C14H12Cl3N.ClH/c15-12-6-2-1-4-10(12)8-18-9-11-5-3-7-13(16)14(11)17;/h1-7,18H,8-9H2;1H. The first-order valence-electron chi connectivity index (χ1n) is 5.55. The maximum Gasteiger partial charge on any atom is 0.0637 e. The molecule has 0 aliphatic rings. The molecule has 0 atom stereocenters. The fourth-order valence-electron chi connectivity index (χ4n) is 1.66. The number of benzene rings is 2. The van der Waals surface area contributed by atoms with Crippen LogP contribution in [-0.2, 0) is 13.1 Å². The number of nitrogens with one attached hydrogen (secondary N) is 1. The van der Waals surface area contributed by atoms with Gasteiger partial charge in [0.05, 0.1) is 10.0 Å². The molecular formula is C14H13Cl4N. The van der Waals surface area contributed by atoms with Gasteiger partial charge >= 0.3 is 0 Å². The topological polar surface area (TPSA) is 12.0 Å². The first-order valence-corrected chi connectivity index (χ1v) is 6.69. The Labute approximate surface area is 134 Å². The van der Waals surface area contributed by atoms with E-state index in [2.05, 4.69) is 5.32 Å². The van der Waals surface area contributed by atoms with Crippen LogP contribution < -0.4 is 5.32 Å². The molecule has 5 heteroatoms. The highest BCUT2D eigenvalue weighted by atomic mass is 35.5. The van der Waals surface area contributed by atoms with Crippen LogP contribution in [0.3, 0.4) is 0 Å². The highest BCUT2D eigenvalue weighted by Gasteiger charge is 2.04. The molecule has 0 saturated heterocycles. The van der Waals surface area contributed by atoms with E-state index in [0.717, 1.165) is 16.1 Å². The third-order valence-corrected chi connectivity index (χ3v) is 3.85. The Bertz CT molecular complexity index is 543. The van der Waals surface area contributed by atoms with Crippen molar-refractivity contribution < 1.29 is 0 Å². The lowest BCUT2D eigenvalue weighted by Gasteiger charge is -2.08. The van der Waals surface area contributed by atoms with Gasteiger partial charge in [-0.05, 0) is 23.3 Å². The lowest BCUT2D eigenvalue weighted by Crippen LogP contribution is -2.13. The van der Waals surface area contributed by atoms with Gasteiger partial charge in [0, 0.05) is 18.1 Å². The van der Waals surface area contributed by atoms with Gasteiger partial charge in [0.1, 0.15) is 0 Å². The molecule has 0 aliphatic heterocycles. The van der Waals surface area contributed by atoms with Crippen molar-refractivity contribution in [2.45, 2.75) is 13.1 Å². The summed E-state index contributed by atoms with van der Waals surface area (Å²) in [5, 5.41) is 5.25. The van der Waals surface area contributed by atoms with Crippen molar-refractivity contribution in [3.05, 3.63) is 68.7 Å². The van der Waals surface area contributed by atoms with Gasteiger partial charge in [0.2, 0.25) is 0 Å². The maximum absolute atomic E-state index is 6.11. The molecule has 2 aromatic carbocycles. The predicted molar refractivity (Wildman–Crippen MR) is 85.7 cm³/mol. The lowest BCUT2D eigenvalue weighted by molar-refractivity contribution is 0.694. The van der Waals surface area contributed by atoms with Crippen LogP contribution in [-0.4, -0.2) is 0 Å². The summed E-state index contributed by atoms with van der Waals surface area (Å²) in [7, 11) is 0. The first kappa shape index (κ1) is 16.6. The van der Waals surface area contributed by atoms with Gasteiger partial charge in [-0.1, -0.05) is 65.1 Å². The smallest absolute Gasteiger partial charge is 0.0637 e. The van der Waals surface area contributed by atoms with Crippen LogP contribution in [0.15, 0.2) is 42.5 Å². The number of hydrogen-bond acceptors (Lipinski definition) is 1. The average molecular weight is 337 g/mol. The van der Waals surface area contributed by atoms with Crippen LogP contribution in [0.2, 0.25) is 15.1 Å². The molecular weight excluding hydrogens is 324 g/mol. The van der Waals surface area contributed by atoms with Gasteiger partial charge in [0.15, 0.2) is 0 Å². The number of rotatable bonds is 4. The molecule has 0 amide bonds. The molecule has 0 spiro atoms. The normalized spacial score (nSPS) is 10.1. The van der Waals surface area contributed by atoms with Gasteiger partial charge in [-0.3, -0.25) is 0 Å². The van der Waals surface area contributed by atoms with Gasteiger partial charge in [-0.25, -0.2) is 0 Å². The van der Waals surface area contributed by atoms with E-state index < -0.39 is 0 Å². The molecule has 0 unspecified atom stereocenters. The highest BCUT2D eigenvalue weighted by molar-refractivity contribution is 6.42. The van der Waals surface area contributed by atoms with Crippen molar-refractivity contribution in [2.75, 3.05) is 0 Å². The number of halogens is 4. The number of hydrogen-bond donors (Lipinski definition) is 1. The van der Waals surface area contributed by atoms with Crippen LogP contribution in [0.5, 0.6) is 0 Å². The molecule has 1 nitrogen and oxygen atoms in total. The molecule has 19 heavy (non-hydrogen) atoms. The second-order valence-electron chi connectivity index (χ2n) is 3.91. The van der Waals surface area contributed by atoms with Crippen molar-refractivity contribution >= 4 is 47.2 Å². The summed E-state index contributed by atoms with van der Waals surface area (Å²) in [6, 6.07) is 13.4. The van der Waals surface area contributed by atoms with Crippen molar-refractivity contribution in [2.24, 2.45) is 0 Å². The molecule has 1 N–H and O–H groups in total. The van der Waals surface area contributed by atoms with E-state index in [0.29, 0.717) is 23.1 Å². The Kier molecular flexibility index (Phi) is 6.98. The Balaban J connectivity index is 0.00000180. The maximum atomic E-state index is 6.11. The lowest BCUT2D eigenvalue weighted by atomic mass is 10.2. The third kappa shape index (κ3) is 4.55. The van der Waals surface area contributed by atoms with Gasteiger partial charge in [-0.2, -0.15) is 0 Å². The van der Waals surface area contributed by atoms with Crippen LogP contribution in [0, 0.1) is 0 Å². The molecule has 0 aliphatic carbocycles. The zero-order chi connectivity index (χ0) is 13.0. The fourth-order valence-corrected chi connectivity index (χ4v) is 2.25. The van der Waals surface area contributed by atoms with E-state index in [-0.39, 0.29) is 12.4 Å². The summed E-state index contributed by atoms with van der Waals surface area (Å²) in [4.78, 5) is 0. The molecule has 0 aromatic heterocycles. The minimum absolute atomic E-state index is 0. The van der Waals surface area contributed by atoms with E-state index in [1.807, 2.05) is 36.4 Å². The van der Waals surface area contributed by atoms with Crippen LogP contribution in [0.1, 0.15) is 11.1 Å². The summed E-state index contributed by atoms with van der Waals surface area (Å²) < 4.78 is 0. The molecule has 2 rings (SSSR count). The quantitative estimate of drug-likeness (QED) is 0.792. The third-order valence-electron chi connectivity index (χ3n) is 2.62. The molecule has 0 heterocycles. The molecule has 0 saturated carbocycles. The minimum atomic E-state index is 0. The van der Waals surface area contributed by atoms with E-state index >= 15 is 0 Å². The van der Waals surface area contributed by atoms with Crippen molar-refractivity contribution in [3.8, 4) is 0 Å². The largest absolute Gasteiger partial charge is 0.309 e. The summed E-state index contributed by atoms with van der Waals surface area (Å²) >= 11 is 18.1. The SMILES string of the molecule is Cl.Clc1ccccc1CNCc1cccc(Cl)c1Cl. The minimum Gasteiger partial charge on any atom is -0.309 e. The summed E-state index contributed by atoms with van der Waals surface area (Å²) in [5.41, 5.74) is 2.05. The Morgan fingerprint density at radius 1 is 0.737 bits per heavy atom. The molecule has 0 bridgehead atoms. The van der Waals surface area contributed by atoms with Gasteiger partial charge in [0.25, 0.3) is 0 Å². The molecule has 0 radical (unpaired) electrons. The van der Waals surface area contributed by atoms with Gasteiger partial charge < -0.3 is 5.32 Å². The zero-order valence-electron chi connectivity index (χ0n) is 10.00. The Morgan fingerprint density at radius 2 is 1.32 bits per heavy atom. The summed E-state index contributed by atoms with van der Waals surface area (Å²) in [6.07, 6.45) is 0. The Morgan fingerprint density at radius 3 is 2.05 bits per heavy atom. The Hall–Kier alpha value is -0.440. The van der Waals surface area contributed by atoms with Crippen molar-refractivity contribution in [3.63, 3.8) is 0 Å². The average Bonchev–Trinajstić information content (AvgIpc) is 2.37. The summed E-state index contributed by atoms with van der Waals surface area (Å²) in [6.45, 7) is 1.35. The first-order chi connectivity index (χ1) is 8.68. The second kappa shape index (κ2) is 7.98. The zero-order valence-corrected chi connectivity index (χ0v) is 13.1. The molecule has 2 aromatic rings. The van der Waals surface area contributed by atoms with Crippen LogP contribution >= 0.6 is 47.2 Å². The van der Waals surface area contributed by atoms with Gasteiger partial charge in [-0.15, -0.1) is 12.4 Å². The van der Waals surface area contributed by atoms with Crippen LogP contribution in [0.25, 0.3) is 0 Å². The van der Waals surface area contributed by atoms with E-state index in [9.17, 15) is 0 Å². The monoisotopic (exact) mass is 335 g/mol.